The van der Waals surface area contributed by atoms with Gasteiger partial charge in [-0.05, 0) is 31.0 Å². The first-order valence-electron chi connectivity index (χ1n) is 6.94. The number of rotatable bonds is 5. The quantitative estimate of drug-likeness (QED) is 0.779. The van der Waals surface area contributed by atoms with E-state index in [4.69, 9.17) is 11.6 Å². The van der Waals surface area contributed by atoms with Crippen molar-refractivity contribution in [1.82, 2.24) is 0 Å². The van der Waals surface area contributed by atoms with Crippen molar-refractivity contribution in [3.8, 4) is 0 Å². The normalized spacial score (nSPS) is 17.7. The third kappa shape index (κ3) is 3.44. The van der Waals surface area contributed by atoms with Crippen molar-refractivity contribution in [3.05, 3.63) is 28.8 Å². The van der Waals surface area contributed by atoms with Crippen LogP contribution in [-0.2, 0) is 0 Å². The fraction of sp³-hybridized carbons (Fsp3) is 0.533. The summed E-state index contributed by atoms with van der Waals surface area (Å²) in [6.45, 7) is 0.701. The van der Waals surface area contributed by atoms with Gasteiger partial charge in [0.05, 0.1) is 17.9 Å². The molecule has 0 radical (unpaired) electrons. The smallest absolute Gasteiger partial charge is 0.337 e. The minimum absolute atomic E-state index is 0.128. The first kappa shape index (κ1) is 15.1. The Morgan fingerprint density at radius 1 is 1.30 bits per heavy atom. The van der Waals surface area contributed by atoms with E-state index in [1.54, 1.807) is 12.1 Å². The van der Waals surface area contributed by atoms with Crippen LogP contribution in [0.3, 0.4) is 0 Å². The Balaban J connectivity index is 2.13. The van der Waals surface area contributed by atoms with Gasteiger partial charge < -0.3 is 15.5 Å². The summed E-state index contributed by atoms with van der Waals surface area (Å²) >= 11 is 5.93. The topological polar surface area (TPSA) is 69.6 Å². The number of benzene rings is 1. The highest BCUT2D eigenvalue weighted by Gasteiger charge is 2.31. The molecule has 1 saturated carbocycles. The van der Waals surface area contributed by atoms with Crippen molar-refractivity contribution in [3.63, 3.8) is 0 Å². The summed E-state index contributed by atoms with van der Waals surface area (Å²) in [4.78, 5) is 11.2. The molecule has 1 aromatic carbocycles. The molecule has 0 unspecified atom stereocenters. The Labute approximate surface area is 123 Å². The summed E-state index contributed by atoms with van der Waals surface area (Å²) < 4.78 is 0. The number of nitrogens with one attached hydrogen (secondary N) is 1. The van der Waals surface area contributed by atoms with E-state index in [1.165, 1.54) is 12.5 Å². The van der Waals surface area contributed by atoms with Gasteiger partial charge in [-0.25, -0.2) is 4.79 Å². The first-order chi connectivity index (χ1) is 9.56. The summed E-state index contributed by atoms with van der Waals surface area (Å²) in [6, 6.07) is 4.69. The van der Waals surface area contributed by atoms with E-state index in [2.05, 4.69) is 5.32 Å². The predicted molar refractivity (Wildman–Crippen MR) is 79.5 cm³/mol. The van der Waals surface area contributed by atoms with Crippen LogP contribution >= 0.6 is 11.6 Å². The van der Waals surface area contributed by atoms with E-state index in [0.717, 1.165) is 25.7 Å². The number of aliphatic hydroxyl groups excluding tert-OH is 1. The molecule has 20 heavy (non-hydrogen) atoms. The molecule has 0 heterocycles. The molecule has 3 N–H and O–H groups in total. The second-order valence-corrected chi connectivity index (χ2v) is 6.00. The Kier molecular flexibility index (Phi) is 4.89. The molecule has 110 valence electrons. The van der Waals surface area contributed by atoms with Gasteiger partial charge in [-0.1, -0.05) is 30.9 Å². The van der Waals surface area contributed by atoms with Gasteiger partial charge in [-0.15, -0.1) is 0 Å². The van der Waals surface area contributed by atoms with Crippen LogP contribution in [0.25, 0.3) is 0 Å². The standard InChI is InChI=1S/C15H20ClNO3/c16-11-4-5-12(14(19)20)13(8-11)17-9-15(10-18)6-2-1-3-7-15/h4-5,8,17-18H,1-3,6-7,9-10H2,(H,19,20). The van der Waals surface area contributed by atoms with Crippen molar-refractivity contribution in [2.75, 3.05) is 18.5 Å². The number of anilines is 1. The highest BCUT2D eigenvalue weighted by molar-refractivity contribution is 6.31. The minimum Gasteiger partial charge on any atom is -0.478 e. The fourth-order valence-electron chi connectivity index (χ4n) is 2.82. The highest BCUT2D eigenvalue weighted by Crippen LogP contribution is 2.36. The third-order valence-corrected chi connectivity index (χ3v) is 4.35. The third-order valence-electron chi connectivity index (χ3n) is 4.12. The van der Waals surface area contributed by atoms with Crippen molar-refractivity contribution in [1.29, 1.82) is 0 Å². The molecule has 0 saturated heterocycles. The van der Waals surface area contributed by atoms with Gasteiger partial charge in [0.15, 0.2) is 0 Å². The zero-order valence-electron chi connectivity index (χ0n) is 11.4. The van der Waals surface area contributed by atoms with Gasteiger partial charge in [0.2, 0.25) is 0 Å². The molecule has 1 aromatic rings. The van der Waals surface area contributed by atoms with E-state index >= 15 is 0 Å². The molecule has 5 heteroatoms. The Morgan fingerprint density at radius 2 is 2.00 bits per heavy atom. The largest absolute Gasteiger partial charge is 0.478 e. The van der Waals surface area contributed by atoms with Crippen LogP contribution in [0.1, 0.15) is 42.5 Å². The molecule has 0 aromatic heterocycles. The monoisotopic (exact) mass is 297 g/mol. The van der Waals surface area contributed by atoms with Gasteiger partial charge in [-0.2, -0.15) is 0 Å². The van der Waals surface area contributed by atoms with Crippen LogP contribution < -0.4 is 5.32 Å². The van der Waals surface area contributed by atoms with E-state index in [-0.39, 0.29) is 17.6 Å². The second kappa shape index (κ2) is 6.46. The molecule has 0 bridgehead atoms. The first-order valence-corrected chi connectivity index (χ1v) is 7.32. The molecule has 4 nitrogen and oxygen atoms in total. The average molecular weight is 298 g/mol. The van der Waals surface area contributed by atoms with Crippen LogP contribution in [0.5, 0.6) is 0 Å². The maximum atomic E-state index is 11.2. The SMILES string of the molecule is O=C(O)c1ccc(Cl)cc1NCC1(CO)CCCCC1. The maximum absolute atomic E-state index is 11.2. The lowest BCUT2D eigenvalue weighted by molar-refractivity contribution is 0.0697. The summed E-state index contributed by atoms with van der Waals surface area (Å²) in [5.74, 6) is -0.981. The predicted octanol–water partition coefficient (Wildman–Crippen LogP) is 3.39. The van der Waals surface area contributed by atoms with Crippen LogP contribution in [0.15, 0.2) is 18.2 Å². The van der Waals surface area contributed by atoms with Crippen molar-refractivity contribution < 1.29 is 15.0 Å². The fourth-order valence-corrected chi connectivity index (χ4v) is 3.00. The van der Waals surface area contributed by atoms with Gasteiger partial charge >= 0.3 is 5.97 Å². The van der Waals surface area contributed by atoms with E-state index in [1.807, 2.05) is 0 Å². The van der Waals surface area contributed by atoms with E-state index in [9.17, 15) is 15.0 Å². The molecule has 0 spiro atoms. The van der Waals surface area contributed by atoms with E-state index in [0.29, 0.717) is 17.3 Å². The number of hydrogen-bond donors (Lipinski definition) is 3. The molecule has 1 fully saturated rings. The molecule has 0 aliphatic heterocycles. The van der Waals surface area contributed by atoms with Crippen LogP contribution in [-0.4, -0.2) is 29.3 Å². The second-order valence-electron chi connectivity index (χ2n) is 5.57. The summed E-state index contributed by atoms with van der Waals surface area (Å²) in [7, 11) is 0. The average Bonchev–Trinajstić information content (AvgIpc) is 2.46. The van der Waals surface area contributed by atoms with Gasteiger partial charge in [0, 0.05) is 17.0 Å². The molecule has 0 amide bonds. The summed E-state index contributed by atoms with van der Waals surface area (Å²) in [5, 5.41) is 22.5. The molecule has 1 aliphatic carbocycles. The van der Waals surface area contributed by atoms with Crippen LogP contribution in [0, 0.1) is 5.41 Å². The number of carbonyl (C=O) groups is 1. The molecule has 2 rings (SSSR count). The minimum atomic E-state index is -0.981. The Hall–Kier alpha value is -1.26. The van der Waals surface area contributed by atoms with Gasteiger partial charge in [-0.3, -0.25) is 0 Å². The number of carboxylic acid groups (broad SMARTS) is 1. The lowest BCUT2D eigenvalue weighted by atomic mass is 9.74. The van der Waals surface area contributed by atoms with Crippen molar-refractivity contribution in [2.24, 2.45) is 5.41 Å². The van der Waals surface area contributed by atoms with Crippen LogP contribution in [0.2, 0.25) is 5.02 Å². The number of aromatic carboxylic acids is 1. The lowest BCUT2D eigenvalue weighted by Crippen LogP contribution is -2.35. The maximum Gasteiger partial charge on any atom is 0.337 e. The number of halogens is 1. The van der Waals surface area contributed by atoms with Crippen LogP contribution in [0.4, 0.5) is 5.69 Å². The van der Waals surface area contributed by atoms with Gasteiger partial charge in [0.1, 0.15) is 0 Å². The van der Waals surface area contributed by atoms with Gasteiger partial charge in [0.25, 0.3) is 0 Å². The summed E-state index contributed by atoms with van der Waals surface area (Å²) in [6.07, 6.45) is 5.38. The lowest BCUT2D eigenvalue weighted by Gasteiger charge is -2.36. The molecule has 1 aliphatic rings. The molecular weight excluding hydrogens is 278 g/mol. The number of hydrogen-bond acceptors (Lipinski definition) is 3. The molecular formula is C15H20ClNO3. The van der Waals surface area contributed by atoms with E-state index < -0.39 is 5.97 Å². The Bertz CT molecular complexity index is 484. The zero-order chi connectivity index (χ0) is 14.6. The number of carboxylic acids is 1. The zero-order valence-corrected chi connectivity index (χ0v) is 12.1. The number of aliphatic hydroxyl groups is 1. The Morgan fingerprint density at radius 3 is 2.60 bits per heavy atom. The summed E-state index contributed by atoms with van der Waals surface area (Å²) in [5.41, 5.74) is 0.581. The van der Waals surface area contributed by atoms with Crippen molar-refractivity contribution in [2.45, 2.75) is 32.1 Å². The molecule has 0 atom stereocenters. The highest BCUT2D eigenvalue weighted by atomic mass is 35.5. The van der Waals surface area contributed by atoms with Crippen molar-refractivity contribution >= 4 is 23.3 Å².